The number of piperidine rings is 1. The number of anilines is 1. The number of hydrogen-bond donors (Lipinski definition) is 1. The number of nitrogens with two attached hydrogens (primary N) is 1. The normalized spacial score (nSPS) is 20.9. The number of sulfonamides is 1. The Hall–Kier alpha value is -3.10. The zero-order chi connectivity index (χ0) is 24.7. The number of carbonyl (C=O) groups excluding carboxylic acids is 1. The number of primary amides is 1. The van der Waals surface area contributed by atoms with Crippen LogP contribution in [-0.2, 0) is 21.0 Å². The molecule has 2 N–H and O–H groups in total. The first kappa shape index (κ1) is 24.0. The number of nitrogens with zero attached hydrogens (tertiary/aromatic N) is 3. The minimum Gasteiger partial charge on any atom is -0.371 e. The molecule has 2 heterocycles. The summed E-state index contributed by atoms with van der Waals surface area (Å²) >= 11 is 0. The largest absolute Gasteiger partial charge is 0.417 e. The van der Waals surface area contributed by atoms with E-state index >= 15 is 0 Å². The van der Waals surface area contributed by atoms with Gasteiger partial charge < -0.3 is 10.6 Å². The number of nitriles is 1. The minimum atomic E-state index is -4.65. The van der Waals surface area contributed by atoms with Gasteiger partial charge in [-0.05, 0) is 55.0 Å². The van der Waals surface area contributed by atoms with Crippen molar-refractivity contribution in [2.45, 2.75) is 36.4 Å². The summed E-state index contributed by atoms with van der Waals surface area (Å²) in [6.07, 6.45) is -3.41. The van der Waals surface area contributed by atoms with E-state index in [9.17, 15) is 26.4 Å². The fraction of sp³-hybridized carbons (Fsp3) is 0.391. The molecule has 11 heteroatoms. The Balaban J connectivity index is 1.56. The third-order valence-corrected chi connectivity index (χ3v) is 8.63. The molecule has 34 heavy (non-hydrogen) atoms. The zero-order valence-electron chi connectivity index (χ0n) is 18.1. The van der Waals surface area contributed by atoms with E-state index in [0.717, 1.165) is 12.1 Å². The molecule has 2 aromatic rings. The van der Waals surface area contributed by atoms with Gasteiger partial charge in [0, 0.05) is 25.3 Å². The van der Waals surface area contributed by atoms with Crippen LogP contribution in [0.1, 0.15) is 30.4 Å². The van der Waals surface area contributed by atoms with Gasteiger partial charge in [0.2, 0.25) is 15.9 Å². The summed E-state index contributed by atoms with van der Waals surface area (Å²) in [6, 6.07) is 12.0. The topological polar surface area (TPSA) is 108 Å². The lowest BCUT2D eigenvalue weighted by Crippen LogP contribution is -2.44. The lowest BCUT2D eigenvalue weighted by molar-refractivity contribution is -0.137. The second-order valence-corrected chi connectivity index (χ2v) is 10.7. The molecule has 0 bridgehead atoms. The van der Waals surface area contributed by atoms with Crippen molar-refractivity contribution in [2.75, 3.05) is 24.5 Å². The molecule has 4 rings (SSSR count). The molecule has 2 saturated heterocycles. The van der Waals surface area contributed by atoms with Crippen LogP contribution in [0.15, 0.2) is 53.4 Å². The molecule has 7 nitrogen and oxygen atoms in total. The van der Waals surface area contributed by atoms with E-state index in [0.29, 0.717) is 31.6 Å². The number of rotatable bonds is 4. The summed E-state index contributed by atoms with van der Waals surface area (Å²) in [5, 5.41) is 9.01. The zero-order valence-corrected chi connectivity index (χ0v) is 18.9. The van der Waals surface area contributed by atoms with Crippen LogP contribution in [0.25, 0.3) is 0 Å². The molecule has 2 aliphatic heterocycles. The maximum Gasteiger partial charge on any atom is 0.417 e. The molecule has 0 radical (unpaired) electrons. The molecular formula is C23H23F3N4O3S. The Kier molecular flexibility index (Phi) is 6.08. The molecule has 0 aromatic heterocycles. The highest BCUT2D eigenvalue weighted by atomic mass is 32.2. The standard InChI is InChI=1S/C23H23F3N4O3S/c24-23(25,26)19-12-17(7-6-16(19)14-27)29-10-8-22(9-11-29)13-20(21(28)31)30(15-22)34(32,33)18-4-2-1-3-5-18/h1-7,12,20H,8-11,13,15H2,(H2,28,31). The van der Waals surface area contributed by atoms with E-state index in [1.165, 1.54) is 22.5 Å². The number of benzene rings is 2. The van der Waals surface area contributed by atoms with Crippen molar-refractivity contribution in [3.63, 3.8) is 0 Å². The van der Waals surface area contributed by atoms with Crippen molar-refractivity contribution < 1.29 is 26.4 Å². The molecule has 2 aromatic carbocycles. The summed E-state index contributed by atoms with van der Waals surface area (Å²) in [5.41, 5.74) is 3.99. The van der Waals surface area contributed by atoms with E-state index in [4.69, 9.17) is 11.0 Å². The number of alkyl halides is 3. The van der Waals surface area contributed by atoms with Gasteiger partial charge in [-0.25, -0.2) is 8.42 Å². The van der Waals surface area contributed by atoms with Gasteiger partial charge in [0.15, 0.2) is 0 Å². The number of halogens is 3. The second kappa shape index (κ2) is 8.60. The van der Waals surface area contributed by atoms with E-state index < -0.39 is 44.7 Å². The van der Waals surface area contributed by atoms with Gasteiger partial charge in [-0.1, -0.05) is 18.2 Å². The SMILES string of the molecule is N#Cc1ccc(N2CCC3(CC2)CC(C(N)=O)N(S(=O)(=O)c2ccccc2)C3)cc1C(F)(F)F. The molecule has 0 aliphatic carbocycles. The summed E-state index contributed by atoms with van der Waals surface area (Å²) in [7, 11) is -3.94. The van der Waals surface area contributed by atoms with Gasteiger partial charge in [0.1, 0.15) is 6.04 Å². The van der Waals surface area contributed by atoms with Crippen LogP contribution < -0.4 is 10.6 Å². The molecule has 2 aliphatic rings. The first-order valence-electron chi connectivity index (χ1n) is 10.7. The van der Waals surface area contributed by atoms with E-state index in [1.807, 2.05) is 0 Å². The fourth-order valence-corrected chi connectivity index (χ4v) is 6.63. The molecule has 1 spiro atoms. The molecule has 1 atom stereocenters. The van der Waals surface area contributed by atoms with Crippen LogP contribution in [0.4, 0.5) is 18.9 Å². The van der Waals surface area contributed by atoms with Crippen LogP contribution in [0.3, 0.4) is 0 Å². The Morgan fingerprint density at radius 1 is 1.12 bits per heavy atom. The van der Waals surface area contributed by atoms with Crippen molar-refractivity contribution in [3.05, 3.63) is 59.7 Å². The number of hydrogen-bond acceptors (Lipinski definition) is 5. The fourth-order valence-electron chi connectivity index (χ4n) is 4.90. The van der Waals surface area contributed by atoms with Crippen LogP contribution >= 0.6 is 0 Å². The first-order chi connectivity index (χ1) is 16.0. The summed E-state index contributed by atoms with van der Waals surface area (Å²) < 4.78 is 67.7. The summed E-state index contributed by atoms with van der Waals surface area (Å²) in [5.74, 6) is -0.722. The van der Waals surface area contributed by atoms with Crippen LogP contribution in [-0.4, -0.2) is 44.3 Å². The van der Waals surface area contributed by atoms with Crippen molar-refractivity contribution in [1.82, 2.24) is 4.31 Å². The molecule has 1 amide bonds. The molecule has 2 fully saturated rings. The van der Waals surface area contributed by atoms with Crippen LogP contribution in [0.5, 0.6) is 0 Å². The highest BCUT2D eigenvalue weighted by molar-refractivity contribution is 7.89. The average molecular weight is 493 g/mol. The van der Waals surface area contributed by atoms with Crippen molar-refractivity contribution in [1.29, 1.82) is 5.26 Å². The number of amides is 1. The lowest BCUT2D eigenvalue weighted by Gasteiger charge is -2.40. The highest BCUT2D eigenvalue weighted by Gasteiger charge is 2.51. The Labute approximate surface area is 195 Å². The second-order valence-electron chi connectivity index (χ2n) is 8.81. The average Bonchev–Trinajstić information content (AvgIpc) is 3.19. The molecule has 1 unspecified atom stereocenters. The molecular weight excluding hydrogens is 469 g/mol. The van der Waals surface area contributed by atoms with Gasteiger partial charge in [0.25, 0.3) is 0 Å². The predicted molar refractivity (Wildman–Crippen MR) is 118 cm³/mol. The monoisotopic (exact) mass is 492 g/mol. The maximum absolute atomic E-state index is 13.4. The summed E-state index contributed by atoms with van der Waals surface area (Å²) in [4.78, 5) is 14.0. The van der Waals surface area contributed by atoms with Gasteiger partial charge in [0.05, 0.1) is 22.1 Å². The highest BCUT2D eigenvalue weighted by Crippen LogP contribution is 2.46. The number of carbonyl (C=O) groups is 1. The Morgan fingerprint density at radius 3 is 2.32 bits per heavy atom. The molecule has 0 saturated carbocycles. The summed E-state index contributed by atoms with van der Waals surface area (Å²) in [6.45, 7) is 0.884. The van der Waals surface area contributed by atoms with E-state index in [2.05, 4.69) is 0 Å². The quantitative estimate of drug-likeness (QED) is 0.706. The lowest BCUT2D eigenvalue weighted by atomic mass is 9.76. The predicted octanol–water partition coefficient (Wildman–Crippen LogP) is 3.11. The third-order valence-electron chi connectivity index (χ3n) is 6.76. The van der Waals surface area contributed by atoms with Crippen LogP contribution in [0.2, 0.25) is 0 Å². The van der Waals surface area contributed by atoms with Crippen molar-refractivity contribution in [2.24, 2.45) is 11.1 Å². The van der Waals surface area contributed by atoms with Gasteiger partial charge in [-0.2, -0.15) is 22.7 Å². The smallest absolute Gasteiger partial charge is 0.371 e. The minimum absolute atomic E-state index is 0.0769. The van der Waals surface area contributed by atoms with Gasteiger partial charge in [-0.15, -0.1) is 0 Å². The Morgan fingerprint density at radius 2 is 1.76 bits per heavy atom. The van der Waals surface area contributed by atoms with Crippen molar-refractivity contribution >= 4 is 21.6 Å². The van der Waals surface area contributed by atoms with Crippen molar-refractivity contribution in [3.8, 4) is 6.07 Å². The Bertz CT molecular complexity index is 1230. The third kappa shape index (κ3) is 4.35. The maximum atomic E-state index is 13.4. The van der Waals surface area contributed by atoms with E-state index in [1.54, 1.807) is 29.2 Å². The molecule has 180 valence electrons. The van der Waals surface area contributed by atoms with Gasteiger partial charge in [-0.3, -0.25) is 4.79 Å². The van der Waals surface area contributed by atoms with Gasteiger partial charge >= 0.3 is 6.18 Å². The van der Waals surface area contributed by atoms with Crippen LogP contribution in [0, 0.1) is 16.7 Å². The first-order valence-corrected chi connectivity index (χ1v) is 12.1. The van der Waals surface area contributed by atoms with E-state index in [-0.39, 0.29) is 17.9 Å².